The first-order valence-corrected chi connectivity index (χ1v) is 9.12. The van der Waals surface area contributed by atoms with E-state index in [2.05, 4.69) is 15.5 Å². The fraction of sp³-hybridized carbons (Fsp3) is 0.105. The molecule has 2 aromatic carbocycles. The van der Waals surface area contributed by atoms with Crippen LogP contribution in [-0.4, -0.2) is 16.0 Å². The number of aromatic nitrogens is 2. The Bertz CT molecular complexity index is 1130. The van der Waals surface area contributed by atoms with Crippen LogP contribution in [-0.2, 0) is 0 Å². The Balaban J connectivity index is 1.70. The highest BCUT2D eigenvalue weighted by Crippen LogP contribution is 2.32. The van der Waals surface area contributed by atoms with E-state index in [1.807, 2.05) is 43.3 Å². The normalized spacial score (nSPS) is 11.0. The van der Waals surface area contributed by atoms with Gasteiger partial charge in [0.1, 0.15) is 17.0 Å². The monoisotopic (exact) mass is 383 g/mol. The van der Waals surface area contributed by atoms with Crippen molar-refractivity contribution in [1.29, 1.82) is 0 Å². The molecular formula is C19H14ClN3O2S. The average Bonchev–Trinajstić information content (AvgIpc) is 3.16. The molecule has 130 valence electrons. The SMILES string of the molecule is Cc1nc2ccc(NC(=O)c3c(-c4ccccc4Cl)noc3C)cc2s1. The van der Waals surface area contributed by atoms with Crippen LogP contribution in [0.2, 0.25) is 5.02 Å². The molecule has 1 amide bonds. The number of fused-ring (bicyclic) bond motifs is 1. The van der Waals surface area contributed by atoms with Gasteiger partial charge >= 0.3 is 0 Å². The molecule has 0 aliphatic carbocycles. The van der Waals surface area contributed by atoms with E-state index in [-0.39, 0.29) is 5.91 Å². The van der Waals surface area contributed by atoms with Crippen LogP contribution in [0.15, 0.2) is 47.0 Å². The minimum atomic E-state index is -0.292. The topological polar surface area (TPSA) is 68.0 Å². The van der Waals surface area contributed by atoms with Gasteiger partial charge in [-0.15, -0.1) is 11.3 Å². The largest absolute Gasteiger partial charge is 0.360 e. The van der Waals surface area contributed by atoms with Gasteiger partial charge in [0.2, 0.25) is 0 Å². The zero-order valence-electron chi connectivity index (χ0n) is 14.0. The molecule has 0 saturated heterocycles. The fourth-order valence-electron chi connectivity index (χ4n) is 2.79. The summed E-state index contributed by atoms with van der Waals surface area (Å²) in [5.41, 5.74) is 3.07. The average molecular weight is 384 g/mol. The molecule has 2 heterocycles. The molecule has 5 nitrogen and oxygen atoms in total. The van der Waals surface area contributed by atoms with E-state index in [0.29, 0.717) is 33.3 Å². The van der Waals surface area contributed by atoms with Gasteiger partial charge in [-0.3, -0.25) is 4.79 Å². The molecule has 0 atom stereocenters. The second kappa shape index (κ2) is 6.55. The van der Waals surface area contributed by atoms with Crippen LogP contribution in [0.3, 0.4) is 0 Å². The number of amides is 1. The van der Waals surface area contributed by atoms with Crippen LogP contribution < -0.4 is 5.32 Å². The zero-order valence-corrected chi connectivity index (χ0v) is 15.6. The standard InChI is InChI=1S/C19H14ClN3O2S/c1-10-17(18(23-25-10)13-5-3-4-6-14(13)20)19(24)22-12-7-8-15-16(9-12)26-11(2)21-15/h3-9H,1-2H3,(H,22,24). The van der Waals surface area contributed by atoms with Crippen molar-refractivity contribution < 1.29 is 9.32 Å². The smallest absolute Gasteiger partial charge is 0.261 e. The number of nitrogens with zero attached hydrogens (tertiary/aromatic N) is 2. The molecule has 0 aliphatic rings. The number of carbonyl (C=O) groups is 1. The predicted molar refractivity (Wildman–Crippen MR) is 104 cm³/mol. The Morgan fingerprint density at radius 3 is 2.81 bits per heavy atom. The van der Waals surface area contributed by atoms with Gasteiger partial charge in [-0.1, -0.05) is 35.0 Å². The third-order valence-electron chi connectivity index (χ3n) is 3.97. The summed E-state index contributed by atoms with van der Waals surface area (Å²) in [5, 5.41) is 8.44. The molecule has 1 N–H and O–H groups in total. The molecule has 0 radical (unpaired) electrons. The minimum absolute atomic E-state index is 0.292. The molecule has 0 saturated carbocycles. The number of nitrogens with one attached hydrogen (secondary N) is 1. The second-order valence-electron chi connectivity index (χ2n) is 5.81. The van der Waals surface area contributed by atoms with E-state index in [0.717, 1.165) is 15.2 Å². The summed E-state index contributed by atoms with van der Waals surface area (Å²) in [6.45, 7) is 3.66. The second-order valence-corrected chi connectivity index (χ2v) is 7.45. The molecule has 0 bridgehead atoms. The number of thiazole rings is 1. The Hall–Kier alpha value is -2.70. The summed E-state index contributed by atoms with van der Waals surface area (Å²) >= 11 is 7.84. The fourth-order valence-corrected chi connectivity index (χ4v) is 3.88. The van der Waals surface area contributed by atoms with Crippen molar-refractivity contribution in [2.24, 2.45) is 0 Å². The van der Waals surface area contributed by atoms with E-state index >= 15 is 0 Å². The predicted octanol–water partition coefficient (Wildman–Crippen LogP) is 5.47. The van der Waals surface area contributed by atoms with Crippen LogP contribution in [0.1, 0.15) is 21.1 Å². The van der Waals surface area contributed by atoms with E-state index < -0.39 is 0 Å². The molecular weight excluding hydrogens is 370 g/mol. The Morgan fingerprint density at radius 2 is 2.00 bits per heavy atom. The van der Waals surface area contributed by atoms with Gasteiger partial charge in [0.25, 0.3) is 5.91 Å². The zero-order chi connectivity index (χ0) is 18.3. The van der Waals surface area contributed by atoms with Crippen molar-refractivity contribution in [3.05, 3.63) is 63.8 Å². The van der Waals surface area contributed by atoms with E-state index in [4.69, 9.17) is 16.1 Å². The van der Waals surface area contributed by atoms with Crippen molar-refractivity contribution in [3.63, 3.8) is 0 Å². The lowest BCUT2D eigenvalue weighted by Crippen LogP contribution is -2.13. The van der Waals surface area contributed by atoms with E-state index in [9.17, 15) is 4.79 Å². The van der Waals surface area contributed by atoms with Crippen LogP contribution in [0, 0.1) is 13.8 Å². The maximum Gasteiger partial charge on any atom is 0.261 e. The van der Waals surface area contributed by atoms with Gasteiger partial charge < -0.3 is 9.84 Å². The van der Waals surface area contributed by atoms with Gasteiger partial charge in [-0.25, -0.2) is 4.98 Å². The quantitative estimate of drug-likeness (QED) is 0.509. The van der Waals surface area contributed by atoms with Crippen LogP contribution >= 0.6 is 22.9 Å². The summed E-state index contributed by atoms with van der Waals surface area (Å²) in [4.78, 5) is 17.3. The van der Waals surface area contributed by atoms with Crippen molar-refractivity contribution in [1.82, 2.24) is 10.1 Å². The first-order chi connectivity index (χ1) is 12.5. The van der Waals surface area contributed by atoms with Crippen molar-refractivity contribution in [3.8, 4) is 11.3 Å². The van der Waals surface area contributed by atoms with Gasteiger partial charge in [-0.2, -0.15) is 0 Å². The van der Waals surface area contributed by atoms with Crippen LogP contribution in [0.5, 0.6) is 0 Å². The molecule has 4 aromatic rings. The van der Waals surface area contributed by atoms with Gasteiger partial charge in [0, 0.05) is 11.3 Å². The number of halogens is 1. The Kier molecular flexibility index (Phi) is 4.22. The van der Waals surface area contributed by atoms with E-state index in [1.165, 1.54) is 0 Å². The summed E-state index contributed by atoms with van der Waals surface area (Å²) in [6.07, 6.45) is 0. The lowest BCUT2D eigenvalue weighted by molar-refractivity contribution is 0.102. The van der Waals surface area contributed by atoms with Gasteiger partial charge in [-0.05, 0) is 38.1 Å². The summed E-state index contributed by atoms with van der Waals surface area (Å²) in [7, 11) is 0. The van der Waals surface area contributed by atoms with Crippen LogP contribution in [0.4, 0.5) is 5.69 Å². The molecule has 7 heteroatoms. The molecule has 26 heavy (non-hydrogen) atoms. The van der Waals surface area contributed by atoms with Crippen molar-refractivity contribution in [2.45, 2.75) is 13.8 Å². The van der Waals surface area contributed by atoms with Crippen LogP contribution in [0.25, 0.3) is 21.5 Å². The third-order valence-corrected chi connectivity index (χ3v) is 5.24. The maximum atomic E-state index is 12.9. The number of aryl methyl sites for hydroxylation is 2. The highest BCUT2D eigenvalue weighted by Gasteiger charge is 2.23. The van der Waals surface area contributed by atoms with Gasteiger partial charge in [0.15, 0.2) is 0 Å². The minimum Gasteiger partial charge on any atom is -0.360 e. The maximum absolute atomic E-state index is 12.9. The highest BCUT2D eigenvalue weighted by molar-refractivity contribution is 7.18. The summed E-state index contributed by atoms with van der Waals surface area (Å²) in [5.74, 6) is 0.145. The number of rotatable bonds is 3. The third kappa shape index (κ3) is 2.98. The number of benzene rings is 2. The molecule has 0 unspecified atom stereocenters. The molecule has 0 aliphatic heterocycles. The first kappa shape index (κ1) is 16.8. The first-order valence-electron chi connectivity index (χ1n) is 7.92. The number of carbonyl (C=O) groups excluding carboxylic acids is 1. The van der Waals surface area contributed by atoms with E-state index in [1.54, 1.807) is 24.3 Å². The van der Waals surface area contributed by atoms with Crippen molar-refractivity contribution >= 4 is 44.7 Å². The summed E-state index contributed by atoms with van der Waals surface area (Å²) in [6, 6.07) is 12.9. The van der Waals surface area contributed by atoms with Crippen molar-refractivity contribution in [2.75, 3.05) is 5.32 Å². The lowest BCUT2D eigenvalue weighted by Gasteiger charge is -2.07. The number of hydrogen-bond acceptors (Lipinski definition) is 5. The number of hydrogen-bond donors (Lipinski definition) is 1. The molecule has 4 rings (SSSR count). The number of anilines is 1. The molecule has 0 spiro atoms. The Morgan fingerprint density at radius 1 is 1.19 bits per heavy atom. The Labute approximate surface area is 158 Å². The van der Waals surface area contributed by atoms with Gasteiger partial charge in [0.05, 0.1) is 20.2 Å². The highest BCUT2D eigenvalue weighted by atomic mass is 35.5. The summed E-state index contributed by atoms with van der Waals surface area (Å²) < 4.78 is 6.28. The lowest BCUT2D eigenvalue weighted by atomic mass is 10.1. The molecule has 2 aromatic heterocycles. The molecule has 0 fully saturated rings.